The Kier molecular flexibility index (Phi) is 9.74. The molecule has 0 saturated heterocycles. The zero-order valence-electron chi connectivity index (χ0n) is 18.8. The lowest BCUT2D eigenvalue weighted by Crippen LogP contribution is -2.42. The first kappa shape index (κ1) is 25.9. The molecular formula is C22H33F3N4O3. The van der Waals surface area contributed by atoms with Gasteiger partial charge in [-0.25, -0.2) is 9.78 Å². The van der Waals surface area contributed by atoms with Crippen LogP contribution in [0.1, 0.15) is 64.1 Å². The summed E-state index contributed by atoms with van der Waals surface area (Å²) in [6.45, 7) is 9.17. The number of alkyl halides is 3. The van der Waals surface area contributed by atoms with Gasteiger partial charge in [0.05, 0.1) is 24.6 Å². The number of hydrogen-bond donors (Lipinski definition) is 1. The fourth-order valence-corrected chi connectivity index (χ4v) is 4.05. The number of imidazole rings is 1. The molecule has 0 saturated carbocycles. The first-order valence-electron chi connectivity index (χ1n) is 11.1. The first-order valence-corrected chi connectivity index (χ1v) is 11.1. The second-order valence-electron chi connectivity index (χ2n) is 8.12. The highest BCUT2D eigenvalue weighted by molar-refractivity contribution is 5.79. The van der Waals surface area contributed by atoms with Crippen LogP contribution in [0.25, 0.3) is 0 Å². The van der Waals surface area contributed by atoms with Crippen molar-refractivity contribution in [2.75, 3.05) is 26.2 Å². The third-order valence-electron chi connectivity index (χ3n) is 5.96. The van der Waals surface area contributed by atoms with Crippen LogP contribution in [0.5, 0.6) is 0 Å². The Bertz CT molecular complexity index is 788. The second-order valence-corrected chi connectivity index (χ2v) is 8.12. The van der Waals surface area contributed by atoms with Gasteiger partial charge < -0.3 is 19.5 Å². The van der Waals surface area contributed by atoms with Crippen molar-refractivity contribution in [3.05, 3.63) is 29.9 Å². The summed E-state index contributed by atoms with van der Waals surface area (Å²) >= 11 is 0. The van der Waals surface area contributed by atoms with Crippen molar-refractivity contribution in [1.29, 1.82) is 0 Å². The number of carbonyl (C=O) groups excluding carboxylic acids is 1. The molecule has 0 spiro atoms. The van der Waals surface area contributed by atoms with Crippen molar-refractivity contribution in [3.63, 3.8) is 0 Å². The molecule has 0 bridgehead atoms. The summed E-state index contributed by atoms with van der Waals surface area (Å²) in [5.74, 6) is -2.47. The monoisotopic (exact) mass is 458 g/mol. The summed E-state index contributed by atoms with van der Waals surface area (Å²) in [6, 6.07) is 0.344. The Balaban J connectivity index is 0.000000451. The molecule has 180 valence electrons. The molecule has 0 fully saturated rings. The predicted molar refractivity (Wildman–Crippen MR) is 114 cm³/mol. The number of carboxylic acids is 1. The summed E-state index contributed by atoms with van der Waals surface area (Å²) in [6.07, 6.45) is 7.48. The van der Waals surface area contributed by atoms with E-state index < -0.39 is 12.1 Å². The van der Waals surface area contributed by atoms with Crippen LogP contribution in [0.4, 0.5) is 13.2 Å². The summed E-state index contributed by atoms with van der Waals surface area (Å²) in [7, 11) is 0. The van der Waals surface area contributed by atoms with Gasteiger partial charge in [0.25, 0.3) is 0 Å². The van der Waals surface area contributed by atoms with Gasteiger partial charge >= 0.3 is 12.1 Å². The van der Waals surface area contributed by atoms with Crippen LogP contribution in [0, 0.1) is 0 Å². The quantitative estimate of drug-likeness (QED) is 0.625. The molecule has 7 nitrogen and oxygen atoms in total. The third kappa shape index (κ3) is 7.65. The predicted octanol–water partition coefficient (Wildman–Crippen LogP) is 4.02. The minimum atomic E-state index is -5.08. The fourth-order valence-electron chi connectivity index (χ4n) is 4.05. The molecule has 2 heterocycles. The summed E-state index contributed by atoms with van der Waals surface area (Å²) in [4.78, 5) is 30.6. The van der Waals surface area contributed by atoms with E-state index >= 15 is 0 Å². The number of fused-ring (bicyclic) bond motifs is 1. The van der Waals surface area contributed by atoms with Crippen molar-refractivity contribution in [2.45, 2.75) is 71.1 Å². The highest BCUT2D eigenvalue weighted by Gasteiger charge is 2.38. The van der Waals surface area contributed by atoms with Gasteiger partial charge in [-0.3, -0.25) is 4.79 Å². The molecule has 1 amide bonds. The largest absolute Gasteiger partial charge is 0.490 e. The van der Waals surface area contributed by atoms with Crippen molar-refractivity contribution >= 4 is 11.9 Å². The molecule has 1 aromatic rings. The topological polar surface area (TPSA) is 78.7 Å². The highest BCUT2D eigenvalue weighted by atomic mass is 19.4. The van der Waals surface area contributed by atoms with Gasteiger partial charge in [0.1, 0.15) is 0 Å². The van der Waals surface area contributed by atoms with Crippen LogP contribution in [0.15, 0.2) is 24.2 Å². The standard InChI is InChI=1S/C20H32N4O.C2HF3O2/c1-3-22(4-2)11-10-18-14-23(15-19-13-21-16-24(18)19)20(25)12-17-8-6-5-7-9-17;3-2(4,5)1(6)7/h8,13,16,18H,3-7,9-12,14-15H2,1-2H3;(H,6,7). The maximum Gasteiger partial charge on any atom is 0.490 e. The molecule has 10 heteroatoms. The Morgan fingerprint density at radius 1 is 1.25 bits per heavy atom. The van der Waals surface area contributed by atoms with Crippen LogP contribution in [0.2, 0.25) is 0 Å². The number of aromatic nitrogens is 2. The van der Waals surface area contributed by atoms with Crippen molar-refractivity contribution < 1.29 is 27.9 Å². The van der Waals surface area contributed by atoms with Crippen molar-refractivity contribution in [2.24, 2.45) is 0 Å². The van der Waals surface area contributed by atoms with Crippen LogP contribution in [-0.2, 0) is 16.1 Å². The molecule has 1 atom stereocenters. The van der Waals surface area contributed by atoms with E-state index in [4.69, 9.17) is 9.90 Å². The zero-order valence-corrected chi connectivity index (χ0v) is 18.8. The average Bonchev–Trinajstić information content (AvgIpc) is 3.23. The molecule has 0 aromatic carbocycles. The van der Waals surface area contributed by atoms with Gasteiger partial charge in [-0.2, -0.15) is 13.2 Å². The van der Waals surface area contributed by atoms with E-state index in [1.165, 1.54) is 24.1 Å². The number of amides is 1. The number of nitrogens with zero attached hydrogens (tertiary/aromatic N) is 4. The molecule has 1 N–H and O–H groups in total. The third-order valence-corrected chi connectivity index (χ3v) is 5.96. The van der Waals surface area contributed by atoms with E-state index in [1.54, 1.807) is 0 Å². The minimum absolute atomic E-state index is 0.286. The lowest BCUT2D eigenvalue weighted by Gasteiger charge is -2.35. The number of hydrogen-bond acceptors (Lipinski definition) is 4. The molecule has 1 aromatic heterocycles. The van der Waals surface area contributed by atoms with Gasteiger partial charge in [-0.05, 0) is 45.2 Å². The van der Waals surface area contributed by atoms with E-state index in [-0.39, 0.29) is 5.91 Å². The minimum Gasteiger partial charge on any atom is -0.475 e. The van der Waals surface area contributed by atoms with E-state index in [0.29, 0.717) is 19.0 Å². The molecule has 0 radical (unpaired) electrons. The Labute approximate surface area is 186 Å². The van der Waals surface area contributed by atoms with Gasteiger partial charge in [0.2, 0.25) is 5.91 Å². The number of carbonyl (C=O) groups is 2. The normalized spacial score (nSPS) is 18.5. The van der Waals surface area contributed by atoms with E-state index in [2.05, 4.69) is 39.3 Å². The maximum absolute atomic E-state index is 12.8. The molecule has 1 aliphatic heterocycles. The number of rotatable bonds is 7. The van der Waals surface area contributed by atoms with Crippen molar-refractivity contribution in [3.8, 4) is 0 Å². The summed E-state index contributed by atoms with van der Waals surface area (Å²) in [5, 5.41) is 7.12. The Hall–Kier alpha value is -2.36. The van der Waals surface area contributed by atoms with Crippen LogP contribution >= 0.6 is 0 Å². The number of halogens is 3. The lowest BCUT2D eigenvalue weighted by molar-refractivity contribution is -0.192. The zero-order chi connectivity index (χ0) is 23.7. The number of carboxylic acid groups (broad SMARTS) is 1. The molecule has 1 unspecified atom stereocenters. The maximum atomic E-state index is 12.8. The number of allylic oxidation sites excluding steroid dienone is 1. The van der Waals surface area contributed by atoms with Gasteiger partial charge in [-0.1, -0.05) is 25.5 Å². The van der Waals surface area contributed by atoms with E-state index in [1.807, 2.05) is 12.5 Å². The fraction of sp³-hybridized carbons (Fsp3) is 0.682. The van der Waals surface area contributed by atoms with Crippen LogP contribution in [-0.4, -0.2) is 68.7 Å². The van der Waals surface area contributed by atoms with Crippen molar-refractivity contribution in [1.82, 2.24) is 19.4 Å². The summed E-state index contributed by atoms with van der Waals surface area (Å²) in [5.41, 5.74) is 2.51. The molecular weight excluding hydrogens is 425 g/mol. The lowest BCUT2D eigenvalue weighted by atomic mass is 9.96. The Morgan fingerprint density at radius 3 is 2.50 bits per heavy atom. The SMILES string of the molecule is CCN(CC)CCC1CN(C(=O)CC2=CCCCC2)Cc2cncn21.O=C(O)C(F)(F)F. The smallest absolute Gasteiger partial charge is 0.475 e. The second kappa shape index (κ2) is 12.0. The van der Waals surface area contributed by atoms with Gasteiger partial charge in [0.15, 0.2) is 0 Å². The highest BCUT2D eigenvalue weighted by Crippen LogP contribution is 2.26. The van der Waals surface area contributed by atoms with Crippen LogP contribution < -0.4 is 0 Å². The van der Waals surface area contributed by atoms with E-state index in [0.717, 1.165) is 45.4 Å². The van der Waals surface area contributed by atoms with E-state index in [9.17, 15) is 18.0 Å². The molecule has 3 rings (SSSR count). The average molecular weight is 459 g/mol. The van der Waals surface area contributed by atoms with Crippen LogP contribution in [0.3, 0.4) is 0 Å². The molecule has 2 aliphatic rings. The first-order chi connectivity index (χ1) is 15.2. The van der Waals surface area contributed by atoms with Gasteiger partial charge in [-0.15, -0.1) is 0 Å². The Morgan fingerprint density at radius 2 is 1.94 bits per heavy atom. The van der Waals surface area contributed by atoms with Gasteiger partial charge in [0, 0.05) is 25.7 Å². The summed E-state index contributed by atoms with van der Waals surface area (Å²) < 4.78 is 34.0. The molecule has 1 aliphatic carbocycles. The molecule has 32 heavy (non-hydrogen) atoms. The number of aliphatic carboxylic acids is 1.